The van der Waals surface area contributed by atoms with Crippen LogP contribution in [0.5, 0.6) is 0 Å². The Morgan fingerprint density at radius 3 is 2.64 bits per heavy atom. The first-order chi connectivity index (χ1) is 12.2. The molecule has 5 nitrogen and oxygen atoms in total. The highest BCUT2D eigenvalue weighted by Crippen LogP contribution is 2.31. The van der Waals surface area contributed by atoms with Crippen LogP contribution in [-0.2, 0) is 0 Å². The van der Waals surface area contributed by atoms with Gasteiger partial charge in [-0.15, -0.1) is 0 Å². The fourth-order valence-corrected chi connectivity index (χ4v) is 2.67. The van der Waals surface area contributed by atoms with Gasteiger partial charge in [-0.1, -0.05) is 11.2 Å². The number of nitrogens with zero attached hydrogens (tertiary/aromatic N) is 3. The van der Waals surface area contributed by atoms with Gasteiger partial charge in [0.25, 0.3) is 0 Å². The van der Waals surface area contributed by atoms with Crippen molar-refractivity contribution in [3.63, 3.8) is 0 Å². The number of nitrogens with one attached hydrogen (secondary N) is 1. The Kier molecular flexibility index (Phi) is 3.85. The Hall–Kier alpha value is -3.28. The third kappa shape index (κ3) is 2.94. The molecule has 124 valence electrons. The van der Waals surface area contributed by atoms with Crippen LogP contribution in [0, 0.1) is 5.82 Å². The van der Waals surface area contributed by atoms with Crippen molar-refractivity contribution in [3.05, 3.63) is 60.5 Å². The number of anilines is 1. The van der Waals surface area contributed by atoms with Crippen LogP contribution in [0.2, 0.25) is 0 Å². The predicted octanol–water partition coefficient (Wildman–Crippen LogP) is 4.52. The molecule has 0 bridgehead atoms. The van der Waals surface area contributed by atoms with E-state index in [1.165, 1.54) is 12.1 Å². The molecule has 0 amide bonds. The van der Waals surface area contributed by atoms with E-state index < -0.39 is 0 Å². The number of aromatic nitrogens is 3. The first kappa shape index (κ1) is 15.3. The molecule has 2 aromatic heterocycles. The molecule has 25 heavy (non-hydrogen) atoms. The second-order valence-corrected chi connectivity index (χ2v) is 5.55. The fourth-order valence-electron chi connectivity index (χ4n) is 2.67. The summed E-state index contributed by atoms with van der Waals surface area (Å²) in [6.45, 7) is 2.75. The van der Waals surface area contributed by atoms with Crippen molar-refractivity contribution in [3.8, 4) is 22.6 Å². The van der Waals surface area contributed by atoms with Crippen molar-refractivity contribution in [1.29, 1.82) is 0 Å². The first-order valence-electron chi connectivity index (χ1n) is 7.97. The van der Waals surface area contributed by atoms with Crippen molar-refractivity contribution in [2.24, 2.45) is 0 Å². The second-order valence-electron chi connectivity index (χ2n) is 5.55. The van der Waals surface area contributed by atoms with E-state index in [0.717, 1.165) is 34.3 Å². The van der Waals surface area contributed by atoms with Crippen LogP contribution in [0.1, 0.15) is 6.92 Å². The molecule has 2 heterocycles. The summed E-state index contributed by atoms with van der Waals surface area (Å²) in [4.78, 5) is 8.71. The summed E-state index contributed by atoms with van der Waals surface area (Å²) in [7, 11) is 0. The number of benzene rings is 2. The lowest BCUT2D eigenvalue weighted by Crippen LogP contribution is -2.02. The van der Waals surface area contributed by atoms with E-state index in [4.69, 9.17) is 4.52 Å². The van der Waals surface area contributed by atoms with Gasteiger partial charge in [-0.3, -0.25) is 0 Å². The zero-order chi connectivity index (χ0) is 17.2. The zero-order valence-corrected chi connectivity index (χ0v) is 13.5. The van der Waals surface area contributed by atoms with Crippen molar-refractivity contribution < 1.29 is 8.91 Å². The number of rotatable bonds is 4. The lowest BCUT2D eigenvalue weighted by molar-refractivity contribution is 0.441. The van der Waals surface area contributed by atoms with Crippen LogP contribution in [0.15, 0.2) is 59.3 Å². The van der Waals surface area contributed by atoms with Crippen LogP contribution in [0.4, 0.5) is 10.3 Å². The molecule has 0 saturated carbocycles. The Bertz CT molecular complexity index is 1030. The van der Waals surface area contributed by atoms with Gasteiger partial charge < -0.3 is 9.84 Å². The van der Waals surface area contributed by atoms with Gasteiger partial charge in [0.1, 0.15) is 11.3 Å². The topological polar surface area (TPSA) is 63.8 Å². The second kappa shape index (κ2) is 6.32. The van der Waals surface area contributed by atoms with Gasteiger partial charge in [0, 0.05) is 23.9 Å². The number of fused-ring (bicyclic) bond motifs is 1. The van der Waals surface area contributed by atoms with Crippen LogP contribution in [0.25, 0.3) is 33.5 Å². The molecule has 6 heteroatoms. The molecule has 1 N–H and O–H groups in total. The minimum absolute atomic E-state index is 0.287. The molecule has 0 aliphatic rings. The SMILES string of the molecule is CCNc1nccc(-c2ccc3noc(-c4ccc(F)cc4)c3c2)n1. The Labute approximate surface area is 143 Å². The number of hydrogen-bond donors (Lipinski definition) is 1. The fraction of sp³-hybridized carbons (Fsp3) is 0.105. The predicted molar refractivity (Wildman–Crippen MR) is 94.6 cm³/mol. The Balaban J connectivity index is 1.81. The molecule has 0 atom stereocenters. The zero-order valence-electron chi connectivity index (χ0n) is 13.5. The van der Waals surface area contributed by atoms with Gasteiger partial charge in [0.2, 0.25) is 5.95 Å². The Morgan fingerprint density at radius 2 is 1.84 bits per heavy atom. The average Bonchev–Trinajstić information content (AvgIpc) is 3.06. The molecule has 0 aliphatic heterocycles. The van der Waals surface area contributed by atoms with Crippen molar-refractivity contribution >= 4 is 16.9 Å². The van der Waals surface area contributed by atoms with Crippen molar-refractivity contribution in [2.75, 3.05) is 11.9 Å². The summed E-state index contributed by atoms with van der Waals surface area (Å²) >= 11 is 0. The Morgan fingerprint density at radius 1 is 1.04 bits per heavy atom. The number of halogens is 1. The van der Waals surface area contributed by atoms with Gasteiger partial charge in [-0.05, 0) is 49.4 Å². The molecule has 0 saturated heterocycles. The molecule has 0 radical (unpaired) electrons. The molecule has 0 unspecified atom stereocenters. The largest absolute Gasteiger partial charge is 0.355 e. The van der Waals surface area contributed by atoms with Crippen molar-refractivity contribution in [1.82, 2.24) is 15.1 Å². The van der Waals surface area contributed by atoms with Crippen LogP contribution >= 0.6 is 0 Å². The molecule has 4 rings (SSSR count). The quantitative estimate of drug-likeness (QED) is 0.594. The lowest BCUT2D eigenvalue weighted by Gasteiger charge is -2.05. The van der Waals surface area contributed by atoms with E-state index in [0.29, 0.717) is 11.7 Å². The highest BCUT2D eigenvalue weighted by atomic mass is 19.1. The summed E-state index contributed by atoms with van der Waals surface area (Å²) in [6.07, 6.45) is 1.72. The summed E-state index contributed by atoms with van der Waals surface area (Å²) < 4.78 is 18.6. The monoisotopic (exact) mass is 334 g/mol. The molecule has 4 aromatic rings. The molecule has 0 aliphatic carbocycles. The normalized spacial score (nSPS) is 11.0. The smallest absolute Gasteiger partial charge is 0.223 e. The minimum Gasteiger partial charge on any atom is -0.355 e. The molecule has 2 aromatic carbocycles. The highest BCUT2D eigenvalue weighted by Gasteiger charge is 2.13. The first-order valence-corrected chi connectivity index (χ1v) is 7.97. The maximum atomic E-state index is 13.2. The van der Waals surface area contributed by atoms with Crippen molar-refractivity contribution in [2.45, 2.75) is 6.92 Å². The van der Waals surface area contributed by atoms with E-state index in [2.05, 4.69) is 20.4 Å². The maximum absolute atomic E-state index is 13.2. The molecule has 0 fully saturated rings. The van der Waals surface area contributed by atoms with Gasteiger partial charge in [-0.2, -0.15) is 0 Å². The van der Waals surface area contributed by atoms with Crippen LogP contribution in [0.3, 0.4) is 0 Å². The third-order valence-corrected chi connectivity index (χ3v) is 3.87. The van der Waals surface area contributed by atoms with E-state index in [1.807, 2.05) is 31.2 Å². The standard InChI is InChI=1S/C19H15FN4O/c1-2-21-19-22-10-9-16(23-19)13-5-8-17-15(11-13)18(25-24-17)12-3-6-14(20)7-4-12/h3-11H,2H2,1H3,(H,21,22,23). The highest BCUT2D eigenvalue weighted by molar-refractivity contribution is 5.94. The molecular formula is C19H15FN4O. The lowest BCUT2D eigenvalue weighted by atomic mass is 10.0. The summed E-state index contributed by atoms with van der Waals surface area (Å²) in [5.41, 5.74) is 3.25. The van der Waals surface area contributed by atoms with E-state index in [-0.39, 0.29) is 5.82 Å². The minimum atomic E-state index is -0.287. The summed E-state index contributed by atoms with van der Waals surface area (Å²) in [5, 5.41) is 8.04. The maximum Gasteiger partial charge on any atom is 0.223 e. The van der Waals surface area contributed by atoms with E-state index in [1.54, 1.807) is 18.3 Å². The molecule has 0 spiro atoms. The molecular weight excluding hydrogens is 319 g/mol. The van der Waals surface area contributed by atoms with E-state index in [9.17, 15) is 4.39 Å². The van der Waals surface area contributed by atoms with Gasteiger partial charge >= 0.3 is 0 Å². The van der Waals surface area contributed by atoms with E-state index >= 15 is 0 Å². The van der Waals surface area contributed by atoms with Gasteiger partial charge in [-0.25, -0.2) is 14.4 Å². The summed E-state index contributed by atoms with van der Waals surface area (Å²) in [6, 6.07) is 13.8. The summed E-state index contributed by atoms with van der Waals surface area (Å²) in [5.74, 6) is 0.909. The number of hydrogen-bond acceptors (Lipinski definition) is 5. The average molecular weight is 334 g/mol. The van der Waals surface area contributed by atoms with Gasteiger partial charge in [0.15, 0.2) is 5.76 Å². The van der Waals surface area contributed by atoms with Crippen LogP contribution in [-0.4, -0.2) is 21.7 Å². The van der Waals surface area contributed by atoms with Crippen LogP contribution < -0.4 is 5.32 Å². The third-order valence-electron chi connectivity index (χ3n) is 3.87. The van der Waals surface area contributed by atoms with Gasteiger partial charge in [0.05, 0.1) is 11.1 Å².